The Kier molecular flexibility index (Phi) is 3.13. The SMILES string of the molecule is N#CC1(c2c(C(=O)O)cc3cc(C4CCOCC4)cnn23)CC1. The average Bonchev–Trinajstić information content (AvgIpc) is 3.28. The molecule has 2 fully saturated rings. The lowest BCUT2D eigenvalue weighted by atomic mass is 9.93. The fourth-order valence-corrected chi connectivity index (χ4v) is 3.48. The number of fused-ring (bicyclic) bond motifs is 1. The van der Waals surface area contributed by atoms with Gasteiger partial charge < -0.3 is 9.84 Å². The lowest BCUT2D eigenvalue weighted by Crippen LogP contribution is -2.16. The number of aromatic carboxylic acids is 1. The molecule has 2 aromatic heterocycles. The minimum Gasteiger partial charge on any atom is -0.478 e. The third kappa shape index (κ3) is 2.20. The summed E-state index contributed by atoms with van der Waals surface area (Å²) in [6.07, 6.45) is 5.11. The molecule has 1 saturated heterocycles. The van der Waals surface area contributed by atoms with Gasteiger partial charge in [-0.05, 0) is 49.3 Å². The number of carboxylic acids is 1. The monoisotopic (exact) mass is 311 g/mol. The molecule has 3 heterocycles. The smallest absolute Gasteiger partial charge is 0.337 e. The Morgan fingerprint density at radius 1 is 1.39 bits per heavy atom. The first kappa shape index (κ1) is 14.2. The van der Waals surface area contributed by atoms with Gasteiger partial charge in [-0.25, -0.2) is 9.31 Å². The van der Waals surface area contributed by atoms with Gasteiger partial charge in [-0.1, -0.05) is 0 Å². The van der Waals surface area contributed by atoms with E-state index in [2.05, 4.69) is 11.2 Å². The second kappa shape index (κ2) is 5.07. The third-order valence-electron chi connectivity index (χ3n) is 4.98. The molecule has 0 atom stereocenters. The molecule has 2 aromatic rings. The zero-order valence-corrected chi connectivity index (χ0v) is 12.7. The fraction of sp³-hybridized carbons (Fsp3) is 0.471. The van der Waals surface area contributed by atoms with Crippen molar-refractivity contribution in [2.24, 2.45) is 0 Å². The molecule has 1 aliphatic heterocycles. The summed E-state index contributed by atoms with van der Waals surface area (Å²) in [4.78, 5) is 11.6. The van der Waals surface area contributed by atoms with Crippen molar-refractivity contribution in [3.05, 3.63) is 35.2 Å². The van der Waals surface area contributed by atoms with Gasteiger partial charge >= 0.3 is 5.97 Å². The lowest BCUT2D eigenvalue weighted by molar-refractivity contribution is 0.0695. The Balaban J connectivity index is 1.84. The van der Waals surface area contributed by atoms with Crippen LogP contribution in [0.15, 0.2) is 18.3 Å². The van der Waals surface area contributed by atoms with Crippen LogP contribution in [0.1, 0.15) is 53.2 Å². The van der Waals surface area contributed by atoms with Crippen LogP contribution >= 0.6 is 0 Å². The van der Waals surface area contributed by atoms with Gasteiger partial charge in [0.15, 0.2) is 0 Å². The van der Waals surface area contributed by atoms with Gasteiger partial charge in [0.25, 0.3) is 0 Å². The van der Waals surface area contributed by atoms with E-state index in [0.717, 1.165) is 37.1 Å². The van der Waals surface area contributed by atoms with Crippen molar-refractivity contribution in [2.45, 2.75) is 37.0 Å². The van der Waals surface area contributed by atoms with Crippen molar-refractivity contribution in [3.8, 4) is 6.07 Å². The summed E-state index contributed by atoms with van der Waals surface area (Å²) < 4.78 is 7.03. The first-order valence-corrected chi connectivity index (χ1v) is 7.89. The maximum absolute atomic E-state index is 11.6. The largest absolute Gasteiger partial charge is 0.478 e. The van der Waals surface area contributed by atoms with Gasteiger partial charge in [0.05, 0.1) is 29.0 Å². The summed E-state index contributed by atoms with van der Waals surface area (Å²) in [5.74, 6) is -0.599. The molecule has 2 aliphatic rings. The van der Waals surface area contributed by atoms with E-state index in [0.29, 0.717) is 24.5 Å². The van der Waals surface area contributed by atoms with Gasteiger partial charge in [-0.2, -0.15) is 10.4 Å². The van der Waals surface area contributed by atoms with E-state index in [4.69, 9.17) is 4.74 Å². The van der Waals surface area contributed by atoms with Crippen LogP contribution < -0.4 is 0 Å². The second-order valence-electron chi connectivity index (χ2n) is 6.42. The summed E-state index contributed by atoms with van der Waals surface area (Å²) in [5, 5.41) is 23.4. The summed E-state index contributed by atoms with van der Waals surface area (Å²) in [5.41, 5.74) is 1.90. The highest BCUT2D eigenvalue weighted by atomic mass is 16.5. The Morgan fingerprint density at radius 3 is 2.74 bits per heavy atom. The molecule has 0 spiro atoms. The van der Waals surface area contributed by atoms with Gasteiger partial charge in [-0.15, -0.1) is 0 Å². The Labute approximate surface area is 133 Å². The predicted molar refractivity (Wildman–Crippen MR) is 81.5 cm³/mol. The van der Waals surface area contributed by atoms with E-state index in [1.807, 2.05) is 12.3 Å². The van der Waals surface area contributed by atoms with Gasteiger partial charge in [0, 0.05) is 13.2 Å². The quantitative estimate of drug-likeness (QED) is 0.941. The second-order valence-corrected chi connectivity index (χ2v) is 6.42. The zero-order valence-electron chi connectivity index (χ0n) is 12.7. The normalized spacial score (nSPS) is 20.3. The Bertz CT molecular complexity index is 823. The van der Waals surface area contributed by atoms with Crippen LogP contribution in [0.5, 0.6) is 0 Å². The minimum absolute atomic E-state index is 0.195. The van der Waals surface area contributed by atoms with Crippen LogP contribution in [0, 0.1) is 11.3 Å². The lowest BCUT2D eigenvalue weighted by Gasteiger charge is -2.22. The molecule has 6 heteroatoms. The first-order chi connectivity index (χ1) is 11.1. The van der Waals surface area contributed by atoms with Crippen molar-refractivity contribution in [2.75, 3.05) is 13.2 Å². The van der Waals surface area contributed by atoms with Crippen LogP contribution in [-0.4, -0.2) is 33.9 Å². The molecule has 0 amide bonds. The van der Waals surface area contributed by atoms with Crippen LogP contribution in [-0.2, 0) is 10.2 Å². The van der Waals surface area contributed by atoms with Gasteiger partial charge in [-0.3, -0.25) is 0 Å². The van der Waals surface area contributed by atoms with E-state index in [1.165, 1.54) is 0 Å². The molecule has 23 heavy (non-hydrogen) atoms. The van der Waals surface area contributed by atoms with Crippen LogP contribution in [0.2, 0.25) is 0 Å². The number of carboxylic acid groups (broad SMARTS) is 1. The summed E-state index contributed by atoms with van der Waals surface area (Å²) in [6.45, 7) is 1.50. The molecular weight excluding hydrogens is 294 g/mol. The molecule has 0 radical (unpaired) electrons. The number of hydrogen-bond donors (Lipinski definition) is 1. The minimum atomic E-state index is -1.00. The third-order valence-corrected chi connectivity index (χ3v) is 4.98. The van der Waals surface area contributed by atoms with Gasteiger partial charge in [0.1, 0.15) is 5.41 Å². The highest BCUT2D eigenvalue weighted by Gasteiger charge is 2.50. The Hall–Kier alpha value is -2.39. The van der Waals surface area contributed by atoms with E-state index in [9.17, 15) is 15.2 Å². The topological polar surface area (TPSA) is 87.6 Å². The molecular formula is C17H17N3O3. The highest BCUT2D eigenvalue weighted by molar-refractivity contribution is 5.92. The molecule has 0 unspecified atom stereocenters. The number of hydrogen-bond acceptors (Lipinski definition) is 4. The number of rotatable bonds is 3. The first-order valence-electron chi connectivity index (χ1n) is 7.89. The van der Waals surface area contributed by atoms with Crippen molar-refractivity contribution in [1.82, 2.24) is 9.61 Å². The van der Waals surface area contributed by atoms with E-state index >= 15 is 0 Å². The van der Waals surface area contributed by atoms with Crippen molar-refractivity contribution < 1.29 is 14.6 Å². The molecule has 0 aromatic carbocycles. The number of aromatic nitrogens is 2. The Morgan fingerprint density at radius 2 is 2.13 bits per heavy atom. The van der Waals surface area contributed by atoms with Crippen LogP contribution in [0.25, 0.3) is 5.52 Å². The predicted octanol–water partition coefficient (Wildman–Crippen LogP) is 2.48. The average molecular weight is 311 g/mol. The van der Waals surface area contributed by atoms with E-state index in [1.54, 1.807) is 10.6 Å². The zero-order chi connectivity index (χ0) is 16.0. The number of nitriles is 1. The molecule has 0 bridgehead atoms. The molecule has 6 nitrogen and oxygen atoms in total. The standard InChI is InChI=1S/C17H17N3O3/c18-10-17(3-4-17)15-14(16(21)22)8-13-7-12(9-19-20(13)15)11-1-5-23-6-2-11/h7-9,11H,1-6H2,(H,21,22). The van der Waals surface area contributed by atoms with Crippen LogP contribution in [0.3, 0.4) is 0 Å². The van der Waals surface area contributed by atoms with E-state index < -0.39 is 11.4 Å². The molecule has 1 N–H and O–H groups in total. The summed E-state index contributed by atoms with van der Waals surface area (Å²) in [7, 11) is 0. The van der Waals surface area contributed by atoms with Gasteiger partial charge in [0.2, 0.25) is 0 Å². The van der Waals surface area contributed by atoms with Crippen LogP contribution in [0.4, 0.5) is 0 Å². The van der Waals surface area contributed by atoms with Crippen molar-refractivity contribution in [3.63, 3.8) is 0 Å². The maximum atomic E-state index is 11.6. The highest BCUT2D eigenvalue weighted by Crippen LogP contribution is 2.49. The number of nitrogens with zero attached hydrogens (tertiary/aromatic N) is 3. The van der Waals surface area contributed by atoms with E-state index in [-0.39, 0.29) is 5.56 Å². The maximum Gasteiger partial charge on any atom is 0.337 e. The molecule has 118 valence electrons. The van der Waals surface area contributed by atoms with Crippen molar-refractivity contribution in [1.29, 1.82) is 5.26 Å². The fourth-order valence-electron chi connectivity index (χ4n) is 3.48. The number of carbonyl (C=O) groups is 1. The molecule has 4 rings (SSSR count). The van der Waals surface area contributed by atoms with Crippen molar-refractivity contribution >= 4 is 11.5 Å². The summed E-state index contributed by atoms with van der Waals surface area (Å²) >= 11 is 0. The summed E-state index contributed by atoms with van der Waals surface area (Å²) in [6, 6.07) is 5.93. The number of ether oxygens (including phenoxy) is 1. The molecule has 1 saturated carbocycles. The molecule has 1 aliphatic carbocycles.